The molecule has 2 aliphatic rings. The molecule has 0 radical (unpaired) electrons. The number of benzene rings is 1. The summed E-state index contributed by atoms with van der Waals surface area (Å²) >= 11 is 0. The molecule has 1 aromatic carbocycles. The number of tetrazole rings is 1. The van der Waals surface area contributed by atoms with Crippen molar-refractivity contribution in [3.8, 4) is 11.5 Å². The number of aromatic nitrogens is 5. The second kappa shape index (κ2) is 9.13. The van der Waals surface area contributed by atoms with E-state index in [2.05, 4.69) is 32.3 Å². The predicted octanol–water partition coefficient (Wildman–Crippen LogP) is 3.47. The van der Waals surface area contributed by atoms with Gasteiger partial charge in [-0.1, -0.05) is 19.8 Å². The maximum Gasteiger partial charge on any atom is 0.253 e. The maximum atomic E-state index is 13.4. The van der Waals surface area contributed by atoms with Crippen molar-refractivity contribution in [3.63, 3.8) is 0 Å². The molecule has 33 heavy (non-hydrogen) atoms. The monoisotopic (exact) mass is 452 g/mol. The first-order valence-corrected chi connectivity index (χ1v) is 11.9. The van der Waals surface area contributed by atoms with Gasteiger partial charge in [0.1, 0.15) is 6.04 Å². The lowest BCUT2D eigenvalue weighted by molar-refractivity contribution is 0.147. The number of methoxy groups -OCH3 is 2. The molecule has 1 saturated carbocycles. The minimum absolute atomic E-state index is 0.126. The van der Waals surface area contributed by atoms with E-state index < -0.39 is 0 Å². The van der Waals surface area contributed by atoms with Gasteiger partial charge >= 0.3 is 0 Å². The fourth-order valence-corrected chi connectivity index (χ4v) is 5.33. The summed E-state index contributed by atoms with van der Waals surface area (Å²) in [7, 11) is 3.20. The summed E-state index contributed by atoms with van der Waals surface area (Å²) in [6.45, 7) is 4.11. The second-order valence-electron chi connectivity index (χ2n) is 9.39. The van der Waals surface area contributed by atoms with Crippen LogP contribution in [0.2, 0.25) is 0 Å². The van der Waals surface area contributed by atoms with E-state index in [4.69, 9.17) is 9.47 Å². The quantitative estimate of drug-likeness (QED) is 0.611. The van der Waals surface area contributed by atoms with Crippen LogP contribution in [0.1, 0.15) is 68.9 Å². The number of rotatable bonds is 6. The summed E-state index contributed by atoms with van der Waals surface area (Å²) in [5, 5.41) is 13.8. The van der Waals surface area contributed by atoms with Crippen molar-refractivity contribution in [3.05, 3.63) is 39.9 Å². The van der Waals surface area contributed by atoms with Crippen molar-refractivity contribution in [1.82, 2.24) is 30.1 Å². The van der Waals surface area contributed by atoms with Gasteiger partial charge in [-0.15, -0.1) is 5.10 Å². The Morgan fingerprint density at radius 3 is 2.42 bits per heavy atom. The second-order valence-corrected chi connectivity index (χ2v) is 9.39. The molecule has 1 aliphatic heterocycles. The van der Waals surface area contributed by atoms with Crippen molar-refractivity contribution in [2.75, 3.05) is 27.3 Å². The van der Waals surface area contributed by atoms with Crippen LogP contribution < -0.4 is 15.0 Å². The Labute approximate surface area is 193 Å². The summed E-state index contributed by atoms with van der Waals surface area (Å²) in [5.74, 6) is 2.66. The van der Waals surface area contributed by atoms with Crippen LogP contribution in [0.15, 0.2) is 23.0 Å². The summed E-state index contributed by atoms with van der Waals surface area (Å²) in [6.07, 6.45) is 6.72. The number of pyridine rings is 1. The van der Waals surface area contributed by atoms with E-state index in [9.17, 15) is 4.79 Å². The van der Waals surface area contributed by atoms with Gasteiger partial charge in [0.2, 0.25) is 0 Å². The number of hydrogen-bond donors (Lipinski definition) is 1. The molecule has 2 fully saturated rings. The molecule has 176 valence electrons. The first kappa shape index (κ1) is 21.9. The van der Waals surface area contributed by atoms with Crippen molar-refractivity contribution in [1.29, 1.82) is 0 Å². The highest BCUT2D eigenvalue weighted by molar-refractivity contribution is 5.83. The zero-order valence-electron chi connectivity index (χ0n) is 19.6. The molecule has 0 unspecified atom stereocenters. The highest BCUT2D eigenvalue weighted by Crippen LogP contribution is 2.36. The van der Waals surface area contributed by atoms with Crippen molar-refractivity contribution in [2.45, 2.75) is 57.5 Å². The lowest BCUT2D eigenvalue weighted by atomic mass is 9.95. The first-order chi connectivity index (χ1) is 16.1. The number of H-pyrrole nitrogens is 1. The summed E-state index contributed by atoms with van der Waals surface area (Å²) in [6, 6.07) is 5.67. The van der Waals surface area contributed by atoms with E-state index in [1.165, 1.54) is 12.8 Å². The number of likely N-dealkylation sites (tertiary alicyclic amines) is 1. The van der Waals surface area contributed by atoms with Gasteiger partial charge in [-0.2, -0.15) is 0 Å². The van der Waals surface area contributed by atoms with Gasteiger partial charge in [0.25, 0.3) is 5.56 Å². The minimum Gasteiger partial charge on any atom is -0.493 e. The largest absolute Gasteiger partial charge is 0.493 e. The molecule has 3 heterocycles. The molecular weight excluding hydrogens is 420 g/mol. The van der Waals surface area contributed by atoms with E-state index in [1.54, 1.807) is 20.3 Å². The SMILES string of the molecule is COc1cc2cc([C@H](c3nnnn3C3CCCC3)N3CCC(C)CC3)c(=O)[nH]c2cc1OC. The molecule has 0 spiro atoms. The lowest BCUT2D eigenvalue weighted by Gasteiger charge is -2.36. The van der Waals surface area contributed by atoms with E-state index >= 15 is 0 Å². The Morgan fingerprint density at radius 1 is 1.03 bits per heavy atom. The first-order valence-electron chi connectivity index (χ1n) is 11.9. The number of nitrogens with zero attached hydrogens (tertiary/aromatic N) is 5. The summed E-state index contributed by atoms with van der Waals surface area (Å²) < 4.78 is 12.9. The van der Waals surface area contributed by atoms with Crippen LogP contribution in [0.3, 0.4) is 0 Å². The molecule has 1 atom stereocenters. The van der Waals surface area contributed by atoms with Crippen LogP contribution in [-0.2, 0) is 0 Å². The van der Waals surface area contributed by atoms with Crippen LogP contribution >= 0.6 is 0 Å². The number of nitrogens with one attached hydrogen (secondary N) is 1. The molecule has 1 N–H and O–H groups in total. The zero-order chi connectivity index (χ0) is 22.9. The van der Waals surface area contributed by atoms with Crippen molar-refractivity contribution in [2.24, 2.45) is 5.92 Å². The Kier molecular flexibility index (Phi) is 6.05. The van der Waals surface area contributed by atoms with Crippen molar-refractivity contribution < 1.29 is 9.47 Å². The molecule has 3 aromatic rings. The van der Waals surface area contributed by atoms with E-state index in [0.29, 0.717) is 34.5 Å². The fourth-order valence-electron chi connectivity index (χ4n) is 5.33. The fraction of sp³-hybridized carbons (Fsp3) is 0.583. The summed E-state index contributed by atoms with van der Waals surface area (Å²) in [4.78, 5) is 18.9. The Balaban J connectivity index is 1.64. The molecular formula is C24H32N6O3. The van der Waals surface area contributed by atoms with E-state index in [-0.39, 0.29) is 11.6 Å². The number of fused-ring (bicyclic) bond motifs is 1. The third kappa shape index (κ3) is 4.10. The number of aromatic amines is 1. The van der Waals surface area contributed by atoms with Crippen LogP contribution in [0.25, 0.3) is 10.9 Å². The van der Waals surface area contributed by atoms with Crippen LogP contribution in [0.4, 0.5) is 0 Å². The predicted molar refractivity (Wildman–Crippen MR) is 125 cm³/mol. The minimum atomic E-state index is -0.297. The van der Waals surface area contributed by atoms with Gasteiger partial charge in [0.05, 0.1) is 25.8 Å². The average Bonchev–Trinajstić information content (AvgIpc) is 3.52. The Hall–Kier alpha value is -2.94. The topological polar surface area (TPSA) is 98.2 Å². The van der Waals surface area contributed by atoms with Crippen LogP contribution in [-0.4, -0.2) is 57.4 Å². The molecule has 0 bridgehead atoms. The van der Waals surface area contributed by atoms with Crippen LogP contribution in [0.5, 0.6) is 11.5 Å². The van der Waals surface area contributed by atoms with E-state index in [1.807, 2.05) is 16.8 Å². The van der Waals surface area contributed by atoms with Gasteiger partial charge in [0, 0.05) is 17.0 Å². The average molecular weight is 453 g/mol. The van der Waals surface area contributed by atoms with Gasteiger partial charge < -0.3 is 14.5 Å². The highest BCUT2D eigenvalue weighted by atomic mass is 16.5. The Bertz CT molecular complexity index is 1170. The van der Waals surface area contributed by atoms with Gasteiger partial charge in [-0.05, 0) is 67.3 Å². The smallest absolute Gasteiger partial charge is 0.253 e. The molecule has 1 saturated heterocycles. The third-order valence-electron chi connectivity index (χ3n) is 7.29. The molecule has 9 heteroatoms. The number of ether oxygens (including phenoxy) is 2. The standard InChI is InChI=1S/C24H32N6O3/c1-15-8-10-29(11-9-15)22(23-26-27-28-30(23)17-6-4-5-7-17)18-12-16-13-20(32-2)21(33-3)14-19(16)25-24(18)31/h12-15,17,22H,4-11H2,1-3H3,(H,25,31)/t22-/m1/s1. The third-order valence-corrected chi connectivity index (χ3v) is 7.29. The number of hydrogen-bond acceptors (Lipinski definition) is 7. The highest BCUT2D eigenvalue weighted by Gasteiger charge is 2.34. The maximum absolute atomic E-state index is 13.4. The molecule has 2 aromatic heterocycles. The molecule has 0 amide bonds. The van der Waals surface area contributed by atoms with E-state index in [0.717, 1.165) is 50.0 Å². The van der Waals surface area contributed by atoms with Gasteiger partial charge in [-0.3, -0.25) is 9.69 Å². The Morgan fingerprint density at radius 2 is 1.73 bits per heavy atom. The van der Waals surface area contributed by atoms with Crippen molar-refractivity contribution >= 4 is 10.9 Å². The number of piperidine rings is 1. The lowest BCUT2D eigenvalue weighted by Crippen LogP contribution is -2.40. The molecule has 5 rings (SSSR count). The summed E-state index contributed by atoms with van der Waals surface area (Å²) in [5.41, 5.74) is 1.25. The normalized spacial score (nSPS) is 19.2. The van der Waals surface area contributed by atoms with Gasteiger partial charge in [0.15, 0.2) is 17.3 Å². The van der Waals surface area contributed by atoms with Crippen LogP contribution in [0, 0.1) is 5.92 Å². The molecule has 9 nitrogen and oxygen atoms in total. The zero-order valence-corrected chi connectivity index (χ0v) is 19.6. The van der Waals surface area contributed by atoms with Gasteiger partial charge in [-0.25, -0.2) is 4.68 Å². The molecule has 1 aliphatic carbocycles.